The molecule has 6 heteroatoms. The summed E-state index contributed by atoms with van der Waals surface area (Å²) < 4.78 is 0. The van der Waals surface area contributed by atoms with E-state index in [9.17, 15) is 14.9 Å². The van der Waals surface area contributed by atoms with E-state index in [0.29, 0.717) is 5.69 Å². The summed E-state index contributed by atoms with van der Waals surface area (Å²) in [6.07, 6.45) is 3.46. The molecular formula is C13H16N2O4. The lowest BCUT2D eigenvalue weighted by atomic mass is 10.1. The van der Waals surface area contributed by atoms with Crippen LogP contribution in [0.2, 0.25) is 0 Å². The molecule has 1 atom stereocenters. The SMILES string of the molecule is CC(CC1CC1)Nc1ccc([N+](=O)[O-])cc1C(=O)O. The standard InChI is InChI=1S/C13H16N2O4/c1-8(6-9-2-3-9)14-12-5-4-10(15(18)19)7-11(12)13(16)17/h4-5,7-9,14H,2-3,6H2,1H3,(H,16,17). The Morgan fingerprint density at radius 2 is 2.26 bits per heavy atom. The maximum atomic E-state index is 11.2. The molecule has 1 aromatic rings. The molecule has 0 aromatic heterocycles. The number of nitrogens with one attached hydrogen (secondary N) is 1. The summed E-state index contributed by atoms with van der Waals surface area (Å²) >= 11 is 0. The zero-order valence-electron chi connectivity index (χ0n) is 10.6. The Balaban J connectivity index is 2.17. The van der Waals surface area contributed by atoms with Gasteiger partial charge >= 0.3 is 5.97 Å². The number of carboxylic acids is 1. The first-order valence-electron chi connectivity index (χ1n) is 6.25. The summed E-state index contributed by atoms with van der Waals surface area (Å²) in [6, 6.07) is 4.03. The van der Waals surface area contributed by atoms with Crippen molar-refractivity contribution in [3.05, 3.63) is 33.9 Å². The molecule has 0 heterocycles. The number of rotatable bonds is 6. The van der Waals surface area contributed by atoms with E-state index in [-0.39, 0.29) is 17.3 Å². The van der Waals surface area contributed by atoms with Crippen LogP contribution >= 0.6 is 0 Å². The molecule has 1 aromatic carbocycles. The van der Waals surface area contributed by atoms with E-state index < -0.39 is 10.9 Å². The fraction of sp³-hybridized carbons (Fsp3) is 0.462. The number of carbonyl (C=O) groups is 1. The quantitative estimate of drug-likeness (QED) is 0.608. The topological polar surface area (TPSA) is 92.5 Å². The molecule has 19 heavy (non-hydrogen) atoms. The van der Waals surface area contributed by atoms with Crippen LogP contribution in [0.5, 0.6) is 0 Å². The van der Waals surface area contributed by atoms with Crippen molar-refractivity contribution >= 4 is 17.3 Å². The predicted molar refractivity (Wildman–Crippen MR) is 70.5 cm³/mol. The number of non-ortho nitro benzene ring substituents is 1. The third kappa shape index (κ3) is 3.43. The lowest BCUT2D eigenvalue weighted by Gasteiger charge is -2.16. The van der Waals surface area contributed by atoms with Crippen LogP contribution in [0, 0.1) is 16.0 Å². The minimum absolute atomic E-state index is 0.0585. The smallest absolute Gasteiger partial charge is 0.338 e. The second-order valence-electron chi connectivity index (χ2n) is 5.02. The molecule has 1 aliphatic carbocycles. The molecular weight excluding hydrogens is 248 g/mol. The van der Waals surface area contributed by atoms with E-state index in [1.807, 2.05) is 6.92 Å². The Kier molecular flexibility index (Phi) is 3.69. The maximum Gasteiger partial charge on any atom is 0.338 e. The van der Waals surface area contributed by atoms with Gasteiger partial charge in [0.05, 0.1) is 10.5 Å². The van der Waals surface area contributed by atoms with Gasteiger partial charge in [0.1, 0.15) is 0 Å². The summed E-state index contributed by atoms with van der Waals surface area (Å²) in [6.45, 7) is 1.99. The van der Waals surface area contributed by atoms with Gasteiger partial charge < -0.3 is 10.4 Å². The van der Waals surface area contributed by atoms with Crippen LogP contribution in [0.3, 0.4) is 0 Å². The van der Waals surface area contributed by atoms with Crippen LogP contribution in [-0.4, -0.2) is 22.0 Å². The maximum absolute atomic E-state index is 11.2. The van der Waals surface area contributed by atoms with Gasteiger partial charge in [0.2, 0.25) is 0 Å². The lowest BCUT2D eigenvalue weighted by Crippen LogP contribution is -2.18. The van der Waals surface area contributed by atoms with Crippen LogP contribution in [0.25, 0.3) is 0 Å². The Labute approximate surface area is 110 Å². The molecule has 6 nitrogen and oxygen atoms in total. The van der Waals surface area contributed by atoms with Gasteiger partial charge in [0.15, 0.2) is 0 Å². The third-order valence-corrected chi connectivity index (χ3v) is 3.23. The van der Waals surface area contributed by atoms with Crippen molar-refractivity contribution in [1.29, 1.82) is 0 Å². The lowest BCUT2D eigenvalue weighted by molar-refractivity contribution is -0.384. The van der Waals surface area contributed by atoms with Gasteiger partial charge in [-0.25, -0.2) is 4.79 Å². The summed E-state index contributed by atoms with van der Waals surface area (Å²) in [5.41, 5.74) is 0.167. The Hall–Kier alpha value is -2.11. The molecule has 1 saturated carbocycles. The summed E-state index contributed by atoms with van der Waals surface area (Å²) in [5.74, 6) is -0.432. The highest BCUT2D eigenvalue weighted by Crippen LogP contribution is 2.34. The van der Waals surface area contributed by atoms with E-state index in [1.165, 1.54) is 25.0 Å². The number of benzene rings is 1. The molecule has 2 rings (SSSR count). The summed E-state index contributed by atoms with van der Waals surface area (Å²) in [7, 11) is 0. The minimum Gasteiger partial charge on any atom is -0.478 e. The zero-order chi connectivity index (χ0) is 14.0. The Bertz CT molecular complexity index is 511. The predicted octanol–water partition coefficient (Wildman–Crippen LogP) is 2.89. The third-order valence-electron chi connectivity index (χ3n) is 3.23. The molecule has 1 unspecified atom stereocenters. The van der Waals surface area contributed by atoms with E-state index >= 15 is 0 Å². The van der Waals surface area contributed by atoms with E-state index in [4.69, 9.17) is 5.11 Å². The Morgan fingerprint density at radius 1 is 1.58 bits per heavy atom. The molecule has 102 valence electrons. The molecule has 0 aliphatic heterocycles. The van der Waals surface area contributed by atoms with Gasteiger partial charge in [0.25, 0.3) is 5.69 Å². The first-order valence-corrected chi connectivity index (χ1v) is 6.25. The molecule has 0 saturated heterocycles. The fourth-order valence-corrected chi connectivity index (χ4v) is 2.13. The number of nitro benzene ring substituents is 1. The second-order valence-corrected chi connectivity index (χ2v) is 5.02. The fourth-order valence-electron chi connectivity index (χ4n) is 2.13. The van der Waals surface area contributed by atoms with E-state index in [1.54, 1.807) is 0 Å². The van der Waals surface area contributed by atoms with Crippen molar-refractivity contribution in [2.24, 2.45) is 5.92 Å². The number of aromatic carboxylic acids is 1. The van der Waals surface area contributed by atoms with Crippen molar-refractivity contribution in [1.82, 2.24) is 0 Å². The molecule has 0 spiro atoms. The molecule has 0 bridgehead atoms. The van der Waals surface area contributed by atoms with Crippen LogP contribution in [0.15, 0.2) is 18.2 Å². The molecule has 0 amide bonds. The van der Waals surface area contributed by atoms with Crippen LogP contribution in [0.1, 0.15) is 36.5 Å². The van der Waals surface area contributed by atoms with Crippen molar-refractivity contribution < 1.29 is 14.8 Å². The summed E-state index contributed by atoms with van der Waals surface area (Å²) in [4.78, 5) is 21.2. The first kappa shape index (κ1) is 13.3. The van der Waals surface area contributed by atoms with E-state index in [2.05, 4.69) is 5.32 Å². The van der Waals surface area contributed by atoms with Crippen molar-refractivity contribution in [3.8, 4) is 0 Å². The highest BCUT2D eigenvalue weighted by Gasteiger charge is 2.24. The van der Waals surface area contributed by atoms with Crippen molar-refractivity contribution in [2.45, 2.75) is 32.2 Å². The normalized spacial score (nSPS) is 15.8. The highest BCUT2D eigenvalue weighted by molar-refractivity contribution is 5.95. The average Bonchev–Trinajstić information content (AvgIpc) is 3.12. The molecule has 0 radical (unpaired) electrons. The first-order chi connectivity index (χ1) is 8.97. The average molecular weight is 264 g/mol. The van der Waals surface area contributed by atoms with E-state index in [0.717, 1.165) is 18.4 Å². The number of nitro groups is 1. The number of nitrogens with zero attached hydrogens (tertiary/aromatic N) is 1. The number of hydrogen-bond acceptors (Lipinski definition) is 4. The van der Waals surface area contributed by atoms with Crippen LogP contribution < -0.4 is 5.32 Å². The van der Waals surface area contributed by atoms with Crippen molar-refractivity contribution in [2.75, 3.05) is 5.32 Å². The zero-order valence-corrected chi connectivity index (χ0v) is 10.6. The Morgan fingerprint density at radius 3 is 2.79 bits per heavy atom. The van der Waals surface area contributed by atoms with Gasteiger partial charge in [-0.2, -0.15) is 0 Å². The van der Waals surface area contributed by atoms with Gasteiger partial charge in [-0.1, -0.05) is 12.8 Å². The molecule has 1 fully saturated rings. The minimum atomic E-state index is -1.16. The van der Waals surface area contributed by atoms with Crippen LogP contribution in [-0.2, 0) is 0 Å². The highest BCUT2D eigenvalue weighted by atomic mass is 16.6. The van der Waals surface area contributed by atoms with Gasteiger partial charge in [0, 0.05) is 23.9 Å². The molecule has 2 N–H and O–H groups in total. The number of anilines is 1. The van der Waals surface area contributed by atoms with Crippen LogP contribution in [0.4, 0.5) is 11.4 Å². The number of hydrogen-bond donors (Lipinski definition) is 2. The van der Waals surface area contributed by atoms with Gasteiger partial charge in [-0.05, 0) is 25.3 Å². The van der Waals surface area contributed by atoms with Crippen molar-refractivity contribution in [3.63, 3.8) is 0 Å². The van der Waals surface area contributed by atoms with Gasteiger partial charge in [-0.15, -0.1) is 0 Å². The molecule has 1 aliphatic rings. The summed E-state index contributed by atoms with van der Waals surface area (Å²) in [5, 5.41) is 22.9. The largest absolute Gasteiger partial charge is 0.478 e. The number of carboxylic acid groups (broad SMARTS) is 1. The van der Waals surface area contributed by atoms with Gasteiger partial charge in [-0.3, -0.25) is 10.1 Å². The second kappa shape index (κ2) is 5.26. The monoisotopic (exact) mass is 264 g/mol.